The van der Waals surface area contributed by atoms with Gasteiger partial charge in [-0.3, -0.25) is 28.8 Å². The summed E-state index contributed by atoms with van der Waals surface area (Å²) in [5, 5.41) is -0.671. The molecule has 0 aromatic heterocycles. The Balaban J connectivity index is 1.28. The van der Waals surface area contributed by atoms with Crippen LogP contribution in [0.15, 0.2) is 30.4 Å². The fourth-order valence-corrected chi connectivity index (χ4v) is 9.26. The van der Waals surface area contributed by atoms with Gasteiger partial charge in [0, 0.05) is 39.0 Å². The SMILES string of the molecule is [2H]C1([2H])C/C=C\[C@@H]2C[C@@]2(C(=O)NS(=O)(=O)C2CC2)CC(=O)[C@@H]2C[C@@H](OC(=O)N3Cc4cccc(F)c4C3)CC2C(=O)[C@@H](CC(=O)OC(C)(C)C)CCC1. The number of allylic oxidation sites excluding steroid dienone is 2. The molecule has 51 heavy (non-hydrogen) atoms. The summed E-state index contributed by atoms with van der Waals surface area (Å²) in [6, 6.07) is 4.60. The lowest BCUT2D eigenvalue weighted by Crippen LogP contribution is -2.41. The van der Waals surface area contributed by atoms with Crippen molar-refractivity contribution in [1.82, 2.24) is 9.62 Å². The van der Waals surface area contributed by atoms with Crippen molar-refractivity contribution in [3.63, 3.8) is 0 Å². The van der Waals surface area contributed by atoms with Gasteiger partial charge in [-0.2, -0.15) is 0 Å². The third-order valence-corrected chi connectivity index (χ3v) is 12.6. The van der Waals surface area contributed by atoms with Crippen molar-refractivity contribution < 1.29 is 49.0 Å². The zero-order valence-electron chi connectivity index (χ0n) is 31.5. The van der Waals surface area contributed by atoms with E-state index in [1.165, 1.54) is 11.0 Å². The van der Waals surface area contributed by atoms with Crippen LogP contribution >= 0.6 is 0 Å². The summed E-state index contributed by atoms with van der Waals surface area (Å²) >= 11 is 0. The second-order valence-electron chi connectivity index (χ2n) is 15.9. The van der Waals surface area contributed by atoms with E-state index in [9.17, 15) is 36.8 Å². The molecule has 2 amide bonds. The molecule has 6 atom stereocenters. The molecule has 278 valence electrons. The predicted octanol–water partition coefficient (Wildman–Crippen LogP) is 5.68. The Bertz CT molecular complexity index is 1810. The van der Waals surface area contributed by atoms with Crippen LogP contribution in [-0.2, 0) is 51.8 Å². The van der Waals surface area contributed by atoms with Crippen LogP contribution < -0.4 is 4.72 Å². The number of esters is 1. The van der Waals surface area contributed by atoms with Gasteiger partial charge in [0.2, 0.25) is 15.9 Å². The number of Topliss-reactive ketones (excluding diaryl/α,β-unsaturated/α-hetero) is 2. The molecule has 1 aromatic carbocycles. The van der Waals surface area contributed by atoms with Gasteiger partial charge in [0.1, 0.15) is 29.1 Å². The highest BCUT2D eigenvalue weighted by Gasteiger charge is 2.62. The molecule has 1 N–H and O–H groups in total. The van der Waals surface area contributed by atoms with E-state index in [1.807, 2.05) is 0 Å². The van der Waals surface area contributed by atoms with Crippen molar-refractivity contribution in [2.45, 2.75) is 128 Å². The molecule has 1 aromatic rings. The van der Waals surface area contributed by atoms with Crippen LogP contribution in [0.4, 0.5) is 9.18 Å². The molecule has 1 aliphatic heterocycles. The van der Waals surface area contributed by atoms with Gasteiger partial charge >= 0.3 is 12.1 Å². The van der Waals surface area contributed by atoms with Crippen LogP contribution in [0, 0.1) is 34.9 Å². The number of ketones is 2. The second-order valence-corrected chi connectivity index (χ2v) is 17.8. The Morgan fingerprint density at radius 3 is 2.53 bits per heavy atom. The molecular formula is C38H49FN2O9S. The Labute approximate surface area is 301 Å². The fourth-order valence-electron chi connectivity index (χ4n) is 7.87. The Kier molecular flexibility index (Phi) is 9.75. The van der Waals surface area contributed by atoms with Crippen LogP contribution in [0.5, 0.6) is 0 Å². The third kappa shape index (κ3) is 8.55. The van der Waals surface area contributed by atoms with Gasteiger partial charge in [0.05, 0.1) is 23.6 Å². The summed E-state index contributed by atoms with van der Waals surface area (Å²) in [6.07, 6.45) is 0.855. The van der Waals surface area contributed by atoms with Gasteiger partial charge in [-0.1, -0.05) is 37.1 Å². The molecule has 0 saturated heterocycles. The number of fused-ring (bicyclic) bond motifs is 3. The topological polar surface area (TPSA) is 153 Å². The maximum Gasteiger partial charge on any atom is 0.410 e. The van der Waals surface area contributed by atoms with E-state index in [0.29, 0.717) is 24.0 Å². The summed E-state index contributed by atoms with van der Waals surface area (Å²) in [7, 11) is -3.94. The van der Waals surface area contributed by atoms with Crippen LogP contribution in [-0.4, -0.2) is 59.8 Å². The molecule has 3 fully saturated rings. The molecule has 6 rings (SSSR count). The monoisotopic (exact) mass is 730 g/mol. The highest BCUT2D eigenvalue weighted by molar-refractivity contribution is 7.90. The van der Waals surface area contributed by atoms with Crippen molar-refractivity contribution in [3.8, 4) is 0 Å². The number of carbonyl (C=O) groups is 5. The molecule has 3 saturated carbocycles. The zero-order chi connectivity index (χ0) is 38.5. The summed E-state index contributed by atoms with van der Waals surface area (Å²) in [6.45, 7) is 5.24. The number of halogens is 1. The highest BCUT2D eigenvalue weighted by atomic mass is 32.2. The minimum absolute atomic E-state index is 0.0000343. The number of benzene rings is 1. The lowest BCUT2D eigenvalue weighted by atomic mass is 9.78. The molecule has 5 aliphatic rings. The van der Waals surface area contributed by atoms with E-state index >= 15 is 0 Å². The summed E-state index contributed by atoms with van der Waals surface area (Å²) in [4.78, 5) is 70.4. The maximum absolute atomic E-state index is 14.5. The number of hydrogen-bond acceptors (Lipinski definition) is 9. The minimum Gasteiger partial charge on any atom is -0.460 e. The van der Waals surface area contributed by atoms with Crippen LogP contribution in [0.3, 0.4) is 0 Å². The molecule has 1 heterocycles. The molecule has 0 bridgehead atoms. The molecule has 13 heteroatoms. The first kappa shape index (κ1) is 34.5. The van der Waals surface area contributed by atoms with E-state index in [1.54, 1.807) is 45.1 Å². The quantitative estimate of drug-likeness (QED) is 0.288. The van der Waals surface area contributed by atoms with Crippen LogP contribution in [0.1, 0.15) is 112 Å². The summed E-state index contributed by atoms with van der Waals surface area (Å²) < 4.78 is 70.8. The van der Waals surface area contributed by atoms with E-state index in [-0.39, 0.29) is 70.9 Å². The number of carbonyl (C=O) groups excluding carboxylic acids is 5. The number of nitrogens with zero attached hydrogens (tertiary/aromatic N) is 1. The van der Waals surface area contributed by atoms with Crippen LogP contribution in [0.2, 0.25) is 0 Å². The van der Waals surface area contributed by atoms with Crippen molar-refractivity contribution in [2.75, 3.05) is 0 Å². The lowest BCUT2D eigenvalue weighted by Gasteiger charge is -2.26. The average molecular weight is 731 g/mol. The smallest absolute Gasteiger partial charge is 0.410 e. The number of hydrogen-bond donors (Lipinski definition) is 1. The average Bonchev–Trinajstić information content (AvgIpc) is 3.93. The summed E-state index contributed by atoms with van der Waals surface area (Å²) in [5.74, 6) is -6.13. The second kappa shape index (κ2) is 14.4. The van der Waals surface area contributed by atoms with Crippen LogP contribution in [0.25, 0.3) is 0 Å². The first-order valence-electron chi connectivity index (χ1n) is 19.0. The van der Waals surface area contributed by atoms with E-state index < -0.39 is 97.8 Å². The Hall–Kier alpha value is -3.61. The van der Waals surface area contributed by atoms with Gasteiger partial charge in [-0.25, -0.2) is 17.6 Å². The van der Waals surface area contributed by atoms with Gasteiger partial charge in [-0.05, 0) is 89.6 Å². The Morgan fingerprint density at radius 1 is 1.08 bits per heavy atom. The minimum atomic E-state index is -3.94. The van der Waals surface area contributed by atoms with E-state index in [4.69, 9.17) is 12.2 Å². The predicted molar refractivity (Wildman–Crippen MR) is 184 cm³/mol. The number of nitrogens with one attached hydrogen (secondary N) is 1. The van der Waals surface area contributed by atoms with Gasteiger partial charge < -0.3 is 9.47 Å². The van der Waals surface area contributed by atoms with E-state index in [0.717, 1.165) is 0 Å². The first-order valence-corrected chi connectivity index (χ1v) is 19.5. The number of rotatable bonds is 6. The van der Waals surface area contributed by atoms with E-state index in [2.05, 4.69) is 4.72 Å². The molecule has 0 radical (unpaired) electrons. The van der Waals surface area contributed by atoms with Crippen molar-refractivity contribution in [1.29, 1.82) is 0 Å². The van der Waals surface area contributed by atoms with Crippen molar-refractivity contribution in [3.05, 3.63) is 47.3 Å². The standard InChI is InChI=1S/C38H49FN2O9S/c1-37(2,3)50-33(43)16-23-10-7-5-4-6-8-12-25-19-38(25,35(45)40-51(47,48)27-14-15-27)20-32(42)28-17-26(18-29(28)34(23)44)49-36(46)41-21-24-11-9-13-31(39)30(24)22-41/h8-9,11-13,23,25-29H,4-7,10,14-22H2,1-3H3,(H,40,45)/b12-8-/t23-,25-,26-,28-,29?,38-/m1/s1/i4D2. The third-order valence-electron chi connectivity index (χ3n) is 10.8. The van der Waals surface area contributed by atoms with Gasteiger partial charge in [0.25, 0.3) is 0 Å². The lowest BCUT2D eigenvalue weighted by molar-refractivity contribution is -0.157. The summed E-state index contributed by atoms with van der Waals surface area (Å²) in [5.41, 5.74) is -1.20. The van der Waals surface area contributed by atoms with Crippen molar-refractivity contribution in [2.24, 2.45) is 29.1 Å². The molecule has 11 nitrogen and oxygen atoms in total. The van der Waals surface area contributed by atoms with Crippen molar-refractivity contribution >= 4 is 39.6 Å². The molecule has 0 spiro atoms. The van der Waals surface area contributed by atoms with Gasteiger partial charge in [0.15, 0.2) is 0 Å². The molecular weight excluding hydrogens is 679 g/mol. The number of sulfonamides is 1. The Morgan fingerprint density at radius 2 is 1.82 bits per heavy atom. The highest BCUT2D eigenvalue weighted by Crippen LogP contribution is 2.58. The zero-order valence-corrected chi connectivity index (χ0v) is 30.3. The first-order chi connectivity index (χ1) is 24.8. The molecule has 4 aliphatic carbocycles. The molecule has 1 unspecified atom stereocenters. The largest absolute Gasteiger partial charge is 0.460 e. The number of amides is 2. The number of ether oxygens (including phenoxy) is 2. The maximum atomic E-state index is 14.5. The normalized spacial score (nSPS) is 32.2. The van der Waals surface area contributed by atoms with Gasteiger partial charge in [-0.15, -0.1) is 0 Å². The fraction of sp³-hybridized carbons (Fsp3) is 0.658.